The Hall–Kier alpha value is -0.170. The van der Waals surface area contributed by atoms with Crippen molar-refractivity contribution in [1.82, 2.24) is 10.6 Å². The second kappa shape index (κ2) is 29.7. The molecular formula is C47H60I6N4O14S4. The molecular weight excluding hydrogens is 1730 g/mol. The van der Waals surface area contributed by atoms with Gasteiger partial charge in [-0.25, -0.2) is 8.42 Å². The van der Waals surface area contributed by atoms with Gasteiger partial charge >= 0.3 is 0 Å². The number of amides is 2. The summed E-state index contributed by atoms with van der Waals surface area (Å²) in [5, 5.41) is 5.05. The fourth-order valence-corrected chi connectivity index (χ4v) is 16.3. The zero-order chi connectivity index (χ0) is 56.2. The Morgan fingerprint density at radius 1 is 0.613 bits per heavy atom. The van der Waals surface area contributed by atoms with Crippen LogP contribution in [0.2, 0.25) is 0 Å². The van der Waals surface area contributed by atoms with Crippen molar-refractivity contribution in [3.05, 3.63) is 92.9 Å². The van der Waals surface area contributed by atoms with Gasteiger partial charge in [-0.15, -0.1) is 0 Å². The lowest BCUT2D eigenvalue weighted by molar-refractivity contribution is -0.437. The molecule has 0 bridgehead atoms. The molecule has 0 fully saturated rings. The molecule has 0 aromatic heterocycles. The van der Waals surface area contributed by atoms with Crippen LogP contribution in [0.4, 0.5) is 11.4 Å². The predicted octanol–water partition coefficient (Wildman–Crippen LogP) is 9.12. The maximum atomic E-state index is 12.4. The lowest BCUT2D eigenvalue weighted by atomic mass is 9.75. The van der Waals surface area contributed by atoms with Gasteiger partial charge < -0.3 is 20.1 Å². The van der Waals surface area contributed by atoms with E-state index in [0.29, 0.717) is 51.5 Å². The molecule has 2 amide bonds. The van der Waals surface area contributed by atoms with E-state index in [9.17, 15) is 52.4 Å². The van der Waals surface area contributed by atoms with Gasteiger partial charge in [-0.1, -0.05) is 56.1 Å². The summed E-state index contributed by atoms with van der Waals surface area (Å²) in [6.45, 7) is 4.51. The highest BCUT2D eigenvalue weighted by Crippen LogP contribution is 2.54. The number of hydrogen-bond acceptors (Lipinski definition) is 12. The van der Waals surface area contributed by atoms with Gasteiger partial charge in [0.15, 0.2) is 5.71 Å². The van der Waals surface area contributed by atoms with Crippen LogP contribution in [0.15, 0.2) is 60.4 Å². The average molecular weight is 1790 g/mol. The average Bonchev–Trinajstić information content (AvgIpc) is 3.64. The number of carbonyl (C=O) groups excluding carboxylic acids is 2. The SMILES string of the molecule is CC1(CCCCCC(=O)NCCS(=O)(=O)O)C(/C=C/C=C/C=C/C=C2\N(CCCS(=O)(=O)O)c3cc(I)c(I)c(I)c3C2(C)CCCCCC(=O)NCCS(=O)(=O)O)=[N+](CCCS(=O)(=O)[O-])c2cc(I)c(I)c(I)c21. The molecule has 2 aromatic carbocycles. The van der Waals surface area contributed by atoms with Gasteiger partial charge in [-0.05, 0) is 194 Å². The quantitative estimate of drug-likeness (QED) is 0.0122. The Balaban J connectivity index is 1.66. The summed E-state index contributed by atoms with van der Waals surface area (Å²) in [5.74, 6) is -2.72. The van der Waals surface area contributed by atoms with Crippen molar-refractivity contribution in [3.8, 4) is 0 Å². The Morgan fingerprint density at radius 2 is 1.11 bits per heavy atom. The first-order valence-electron chi connectivity index (χ1n) is 23.6. The molecule has 28 heteroatoms. The van der Waals surface area contributed by atoms with Crippen molar-refractivity contribution >= 4 is 205 Å². The first-order chi connectivity index (χ1) is 34.8. The van der Waals surface area contributed by atoms with E-state index in [1.807, 2.05) is 42.5 Å². The molecule has 75 heavy (non-hydrogen) atoms. The molecule has 2 aliphatic rings. The van der Waals surface area contributed by atoms with Crippen LogP contribution in [0.3, 0.4) is 0 Å². The number of carbonyl (C=O) groups is 2. The van der Waals surface area contributed by atoms with Gasteiger partial charge in [-0.2, -0.15) is 29.8 Å². The summed E-state index contributed by atoms with van der Waals surface area (Å²) in [4.78, 5) is 26.9. The van der Waals surface area contributed by atoms with Gasteiger partial charge in [0, 0.05) is 101 Å². The molecule has 0 aliphatic carbocycles. The van der Waals surface area contributed by atoms with E-state index in [1.54, 1.807) is 0 Å². The number of anilines is 1. The van der Waals surface area contributed by atoms with Crippen molar-refractivity contribution in [1.29, 1.82) is 0 Å². The van der Waals surface area contributed by atoms with E-state index in [-0.39, 0.29) is 57.1 Å². The number of fused-ring (bicyclic) bond motifs is 2. The largest absolute Gasteiger partial charge is 0.748 e. The molecule has 2 atom stereocenters. The number of nitrogens with one attached hydrogen (secondary N) is 2. The molecule has 2 aromatic rings. The summed E-state index contributed by atoms with van der Waals surface area (Å²) in [5.41, 5.74) is 4.74. The standard InChI is InChI=1S/C47H60I6N4O14S4/c1-46(20-12-6-10-18-38(58)54-22-28-74(66,67)68)36(56(24-14-26-72(60,61)62)34-30-32(48)42(50)44(52)40(34)46)16-8-4-3-5-9-17-37-47(2,21-13-7-11-19-39(59)55-23-29-75(69,70)71)41-35(31-33(49)43(51)45(41)53)57(37)25-15-27-73(63,64)65/h3-5,8-9,16-17,30-31H,6-7,10-15,18-29H2,1-2H3,(H5-,54,55,58,59,60,61,62,63,64,65,66,67,68,69,70,71). The minimum absolute atomic E-state index is 0.101. The fourth-order valence-electron chi connectivity index (χ4n) is 9.28. The highest BCUT2D eigenvalue weighted by molar-refractivity contribution is 14.1. The van der Waals surface area contributed by atoms with E-state index in [2.05, 4.69) is 182 Å². The lowest BCUT2D eigenvalue weighted by Crippen LogP contribution is -2.32. The molecule has 0 spiro atoms. The molecule has 2 aliphatic heterocycles. The second-order valence-corrected chi connectivity index (χ2v) is 31.3. The number of hydrogen-bond donors (Lipinski definition) is 5. The summed E-state index contributed by atoms with van der Waals surface area (Å²) >= 11 is 14.0. The molecule has 0 saturated carbocycles. The molecule has 418 valence electrons. The van der Waals surface area contributed by atoms with Crippen molar-refractivity contribution in [2.45, 2.75) is 102 Å². The third-order valence-corrected chi connectivity index (χ3v) is 26.0. The van der Waals surface area contributed by atoms with Crippen LogP contribution in [0.25, 0.3) is 0 Å². The van der Waals surface area contributed by atoms with E-state index >= 15 is 0 Å². The zero-order valence-electron chi connectivity index (χ0n) is 41.0. The fraction of sp³-hybridized carbons (Fsp3) is 0.511. The van der Waals surface area contributed by atoms with Crippen LogP contribution in [-0.2, 0) is 60.9 Å². The Bertz CT molecular complexity index is 3080. The van der Waals surface area contributed by atoms with E-state index in [1.165, 1.54) is 0 Å². The number of nitrogens with zero attached hydrogens (tertiary/aromatic N) is 2. The van der Waals surface area contributed by atoms with Gasteiger partial charge in [0.1, 0.15) is 6.54 Å². The Morgan fingerprint density at radius 3 is 1.64 bits per heavy atom. The van der Waals surface area contributed by atoms with Crippen LogP contribution < -0.4 is 15.5 Å². The summed E-state index contributed by atoms with van der Waals surface area (Å²) in [6.07, 6.45) is 19.3. The molecule has 5 N–H and O–H groups in total. The smallest absolute Gasteiger partial charge is 0.266 e. The van der Waals surface area contributed by atoms with Crippen molar-refractivity contribution in [3.63, 3.8) is 0 Å². The maximum absolute atomic E-state index is 12.4. The Kier molecular flexibility index (Phi) is 26.7. The number of halogens is 6. The Labute approximate surface area is 523 Å². The van der Waals surface area contributed by atoms with Crippen molar-refractivity contribution < 1.29 is 66.0 Å². The molecule has 0 saturated heterocycles. The normalized spacial score (nSPS) is 18.8. The molecule has 2 unspecified atom stereocenters. The minimum Gasteiger partial charge on any atom is -0.748 e. The molecule has 4 rings (SSSR count). The number of unbranched alkanes of at least 4 members (excludes halogenated alkanes) is 4. The van der Waals surface area contributed by atoms with E-state index in [4.69, 9.17) is 9.11 Å². The van der Waals surface area contributed by atoms with Crippen LogP contribution in [0.1, 0.15) is 102 Å². The van der Waals surface area contributed by atoms with Gasteiger partial charge in [0.25, 0.3) is 30.4 Å². The van der Waals surface area contributed by atoms with Gasteiger partial charge in [-0.3, -0.25) is 23.2 Å². The van der Waals surface area contributed by atoms with E-state index in [0.717, 1.165) is 61.8 Å². The third-order valence-electron chi connectivity index (χ3n) is 12.7. The summed E-state index contributed by atoms with van der Waals surface area (Å²) in [7, 11) is -17.1. The minimum atomic E-state index is -4.48. The van der Waals surface area contributed by atoms with Crippen LogP contribution in [-0.4, -0.2) is 123 Å². The number of benzene rings is 2. The third kappa shape index (κ3) is 20.6. The molecule has 0 radical (unpaired) electrons. The molecule has 2 heterocycles. The van der Waals surface area contributed by atoms with E-state index < -0.39 is 74.3 Å². The van der Waals surface area contributed by atoms with Crippen molar-refractivity contribution in [2.75, 3.05) is 54.1 Å². The first kappa shape index (κ1) is 67.3. The van der Waals surface area contributed by atoms with Gasteiger partial charge in [0.05, 0.1) is 38.4 Å². The van der Waals surface area contributed by atoms with Crippen LogP contribution in [0, 0.1) is 21.4 Å². The first-order valence-corrected chi connectivity index (χ1v) is 36.5. The highest BCUT2D eigenvalue weighted by atomic mass is 127. The van der Waals surface area contributed by atoms with Crippen LogP contribution in [0.5, 0.6) is 0 Å². The molecule has 18 nitrogen and oxygen atoms in total. The van der Waals surface area contributed by atoms with Crippen molar-refractivity contribution in [2.24, 2.45) is 0 Å². The number of allylic oxidation sites excluding steroid dienone is 8. The highest BCUT2D eigenvalue weighted by Gasteiger charge is 2.50. The van der Waals surface area contributed by atoms with Gasteiger partial charge in [0.2, 0.25) is 17.5 Å². The maximum Gasteiger partial charge on any atom is 0.266 e. The summed E-state index contributed by atoms with van der Waals surface area (Å²) in [6, 6.07) is 4.17. The summed E-state index contributed by atoms with van der Waals surface area (Å²) < 4.78 is 139. The lowest BCUT2D eigenvalue weighted by Gasteiger charge is -2.31. The predicted molar refractivity (Wildman–Crippen MR) is 342 cm³/mol. The second-order valence-electron chi connectivity index (χ2n) is 18.4. The van der Waals surface area contributed by atoms with Crippen LogP contribution >= 0.6 is 136 Å². The monoisotopic (exact) mass is 1790 g/mol. The number of rotatable bonds is 30. The zero-order valence-corrected chi connectivity index (χ0v) is 57.2. The topological polar surface area (TPSA) is 285 Å².